The molecule has 4 aromatic rings. The highest BCUT2D eigenvalue weighted by Gasteiger charge is 2.28. The highest BCUT2D eigenvalue weighted by atomic mass is 19.4. The summed E-state index contributed by atoms with van der Waals surface area (Å²) < 4.78 is 41.6. The van der Waals surface area contributed by atoms with Crippen LogP contribution in [0, 0.1) is 0 Å². The summed E-state index contributed by atoms with van der Waals surface area (Å²) in [5.41, 5.74) is 4.01. The van der Waals surface area contributed by atoms with E-state index in [1.54, 1.807) is 26.0 Å². The minimum Gasteiger partial charge on any atom is -0.484 e. The fraction of sp³-hybridized carbons (Fsp3) is 0.208. The molecule has 0 bridgehead atoms. The van der Waals surface area contributed by atoms with Gasteiger partial charge < -0.3 is 14.8 Å². The molecule has 4 nitrogen and oxygen atoms in total. The number of aromatic nitrogens is 2. The van der Waals surface area contributed by atoms with Gasteiger partial charge in [0, 0.05) is 5.56 Å². The van der Waals surface area contributed by atoms with Gasteiger partial charge in [-0.25, -0.2) is 4.98 Å². The van der Waals surface area contributed by atoms with Crippen molar-refractivity contribution in [2.45, 2.75) is 25.6 Å². The lowest BCUT2D eigenvalue weighted by Crippen LogP contribution is -2.19. The first-order valence-electron chi connectivity index (χ1n) is 9.72. The quantitative estimate of drug-likeness (QED) is 0.408. The molecule has 1 heterocycles. The smallest absolute Gasteiger partial charge is 0.422 e. The van der Waals surface area contributed by atoms with Gasteiger partial charge in [0.25, 0.3) is 0 Å². The molecule has 2 N–H and O–H groups in total. The van der Waals surface area contributed by atoms with Crippen molar-refractivity contribution in [3.63, 3.8) is 0 Å². The Labute approximate surface area is 177 Å². The van der Waals surface area contributed by atoms with E-state index in [2.05, 4.69) is 9.97 Å². The Bertz CT molecular complexity index is 1210. The van der Waals surface area contributed by atoms with Gasteiger partial charge in [0.15, 0.2) is 6.61 Å². The van der Waals surface area contributed by atoms with Crippen LogP contribution in [0.3, 0.4) is 0 Å². The summed E-state index contributed by atoms with van der Waals surface area (Å²) in [5.74, 6) is 0.744. The number of nitrogens with one attached hydrogen (secondary N) is 1. The predicted octanol–water partition coefficient (Wildman–Crippen LogP) is 6.07. The van der Waals surface area contributed by atoms with E-state index in [0.717, 1.165) is 33.3 Å². The van der Waals surface area contributed by atoms with Crippen molar-refractivity contribution in [2.24, 2.45) is 0 Å². The lowest BCUT2D eigenvalue weighted by molar-refractivity contribution is -0.153. The van der Waals surface area contributed by atoms with E-state index >= 15 is 0 Å². The molecule has 0 amide bonds. The van der Waals surface area contributed by atoms with E-state index in [9.17, 15) is 18.3 Å². The van der Waals surface area contributed by atoms with Crippen molar-refractivity contribution in [1.82, 2.24) is 9.97 Å². The third-order valence-electron chi connectivity index (χ3n) is 4.91. The molecule has 0 spiro atoms. The van der Waals surface area contributed by atoms with E-state index in [1.165, 1.54) is 12.1 Å². The number of rotatable bonds is 5. The van der Waals surface area contributed by atoms with Gasteiger partial charge in [0.1, 0.15) is 11.6 Å². The molecule has 0 atom stereocenters. The van der Waals surface area contributed by atoms with Crippen LogP contribution in [0.2, 0.25) is 0 Å². The lowest BCUT2D eigenvalue weighted by Gasteiger charge is -2.21. The molecule has 1 aromatic heterocycles. The summed E-state index contributed by atoms with van der Waals surface area (Å²) in [5, 5.41) is 10.5. The number of halogens is 3. The largest absolute Gasteiger partial charge is 0.484 e. The maximum atomic E-state index is 12.3. The number of alkyl halides is 3. The monoisotopic (exact) mass is 426 g/mol. The molecule has 0 saturated carbocycles. The number of hydrogen-bond donors (Lipinski definition) is 2. The first-order valence-corrected chi connectivity index (χ1v) is 9.72. The molecule has 7 heteroatoms. The van der Waals surface area contributed by atoms with Crippen LogP contribution in [0.15, 0.2) is 66.7 Å². The van der Waals surface area contributed by atoms with Crippen LogP contribution in [-0.2, 0) is 5.60 Å². The zero-order valence-corrected chi connectivity index (χ0v) is 17.0. The SMILES string of the molecule is CC(C)(O)c1ccccc1-c1ccc2nc(-c3ccc(OCC(F)(F)F)cc3)[nH]c2c1. The van der Waals surface area contributed by atoms with E-state index in [4.69, 9.17) is 4.74 Å². The number of imidazole rings is 1. The maximum absolute atomic E-state index is 12.3. The number of nitrogens with zero attached hydrogens (tertiary/aromatic N) is 1. The second-order valence-corrected chi connectivity index (χ2v) is 7.85. The highest BCUT2D eigenvalue weighted by Crippen LogP contribution is 2.33. The summed E-state index contributed by atoms with van der Waals surface area (Å²) >= 11 is 0. The zero-order valence-electron chi connectivity index (χ0n) is 17.0. The van der Waals surface area contributed by atoms with Crippen LogP contribution in [0.5, 0.6) is 5.75 Å². The topological polar surface area (TPSA) is 58.1 Å². The lowest BCUT2D eigenvalue weighted by atomic mass is 9.89. The molecule has 0 unspecified atom stereocenters. The minimum absolute atomic E-state index is 0.141. The van der Waals surface area contributed by atoms with Gasteiger partial charge in [-0.2, -0.15) is 13.2 Å². The van der Waals surface area contributed by atoms with Crippen molar-refractivity contribution in [1.29, 1.82) is 0 Å². The summed E-state index contributed by atoms with van der Waals surface area (Å²) in [6.45, 7) is 2.17. The first kappa shape index (κ1) is 20.9. The molecule has 4 rings (SSSR count). The molecule has 0 aliphatic rings. The number of H-pyrrole nitrogens is 1. The summed E-state index contributed by atoms with van der Waals surface area (Å²) in [4.78, 5) is 7.84. The molecule has 3 aromatic carbocycles. The zero-order chi connectivity index (χ0) is 22.2. The van der Waals surface area contributed by atoms with Crippen LogP contribution >= 0.6 is 0 Å². The van der Waals surface area contributed by atoms with Crippen molar-refractivity contribution in [3.05, 3.63) is 72.3 Å². The molecule has 160 valence electrons. The highest BCUT2D eigenvalue weighted by molar-refractivity contribution is 5.85. The number of hydrogen-bond acceptors (Lipinski definition) is 3. The van der Waals surface area contributed by atoms with Crippen molar-refractivity contribution < 1.29 is 23.0 Å². The van der Waals surface area contributed by atoms with E-state index in [1.807, 2.05) is 42.5 Å². The van der Waals surface area contributed by atoms with Gasteiger partial charge in [-0.1, -0.05) is 30.3 Å². The third-order valence-corrected chi connectivity index (χ3v) is 4.91. The number of aliphatic hydroxyl groups is 1. The third kappa shape index (κ3) is 4.72. The first-order chi connectivity index (χ1) is 14.6. The van der Waals surface area contributed by atoms with Gasteiger partial charge in [-0.3, -0.25) is 0 Å². The number of aromatic amines is 1. The molecular formula is C24H21F3N2O2. The number of ether oxygens (including phenoxy) is 1. The summed E-state index contributed by atoms with van der Waals surface area (Å²) in [7, 11) is 0. The van der Waals surface area contributed by atoms with Crippen LogP contribution in [0.25, 0.3) is 33.5 Å². The van der Waals surface area contributed by atoms with Gasteiger partial charge >= 0.3 is 6.18 Å². The van der Waals surface area contributed by atoms with Crippen molar-refractivity contribution in [2.75, 3.05) is 6.61 Å². The normalized spacial score (nSPS) is 12.3. The maximum Gasteiger partial charge on any atom is 0.422 e. The number of benzene rings is 3. The average molecular weight is 426 g/mol. The average Bonchev–Trinajstić information content (AvgIpc) is 3.15. The summed E-state index contributed by atoms with van der Waals surface area (Å²) in [6, 6.07) is 19.8. The van der Waals surface area contributed by atoms with Crippen LogP contribution in [0.1, 0.15) is 19.4 Å². The Hall–Kier alpha value is -3.32. The van der Waals surface area contributed by atoms with Crippen molar-refractivity contribution in [3.8, 4) is 28.3 Å². The molecule has 31 heavy (non-hydrogen) atoms. The molecule has 0 fully saturated rings. The summed E-state index contributed by atoms with van der Waals surface area (Å²) in [6.07, 6.45) is -4.38. The van der Waals surface area contributed by atoms with E-state index in [-0.39, 0.29) is 5.75 Å². The fourth-order valence-electron chi connectivity index (χ4n) is 3.46. The second-order valence-electron chi connectivity index (χ2n) is 7.85. The molecule has 0 aliphatic heterocycles. The number of fused-ring (bicyclic) bond motifs is 1. The predicted molar refractivity (Wildman–Crippen MR) is 114 cm³/mol. The molecule has 0 saturated heterocycles. The minimum atomic E-state index is -4.38. The Morgan fingerprint density at radius 3 is 2.29 bits per heavy atom. The molecule has 0 aliphatic carbocycles. The second kappa shape index (κ2) is 7.74. The van der Waals surface area contributed by atoms with Crippen LogP contribution < -0.4 is 4.74 Å². The van der Waals surface area contributed by atoms with Gasteiger partial charge in [-0.15, -0.1) is 0 Å². The Morgan fingerprint density at radius 1 is 0.935 bits per heavy atom. The van der Waals surface area contributed by atoms with E-state index in [0.29, 0.717) is 5.82 Å². The Morgan fingerprint density at radius 2 is 1.61 bits per heavy atom. The fourth-order valence-corrected chi connectivity index (χ4v) is 3.46. The Kier molecular flexibility index (Phi) is 5.23. The van der Waals surface area contributed by atoms with Gasteiger partial charge in [0.2, 0.25) is 0 Å². The van der Waals surface area contributed by atoms with Crippen molar-refractivity contribution >= 4 is 11.0 Å². The van der Waals surface area contributed by atoms with Gasteiger partial charge in [0.05, 0.1) is 16.6 Å². The molecular weight excluding hydrogens is 405 g/mol. The Balaban J connectivity index is 1.63. The van der Waals surface area contributed by atoms with E-state index < -0.39 is 18.4 Å². The van der Waals surface area contributed by atoms with Gasteiger partial charge in [-0.05, 0) is 66.9 Å². The standard InChI is InChI=1S/C24H21F3N2O2/c1-23(2,30)19-6-4-3-5-18(19)16-9-12-20-21(13-16)29-22(28-20)15-7-10-17(11-8-15)31-14-24(25,26)27/h3-13,30H,14H2,1-2H3,(H,28,29). The van der Waals surface area contributed by atoms with Crippen LogP contribution in [0.4, 0.5) is 13.2 Å². The van der Waals surface area contributed by atoms with Crippen LogP contribution in [-0.4, -0.2) is 27.9 Å². The molecule has 0 radical (unpaired) electrons.